The highest BCUT2D eigenvalue weighted by atomic mass is 31.2. The van der Waals surface area contributed by atoms with Crippen molar-refractivity contribution in [1.82, 2.24) is 14.6 Å². The molecule has 2 unspecified atom stereocenters. The molecular weight excluding hydrogens is 511 g/mol. The van der Waals surface area contributed by atoms with E-state index in [1.165, 1.54) is 51.0 Å². The number of carbonyl (C=O) groups is 1. The number of azide groups is 1. The largest absolute Gasteiger partial charge is 0.497 e. The van der Waals surface area contributed by atoms with Crippen LogP contribution in [0.15, 0.2) is 45.2 Å². The lowest BCUT2D eigenvalue weighted by atomic mass is 10.1. The number of aromatic nitrogens is 2. The first-order valence-electron chi connectivity index (χ1n) is 11.0. The first kappa shape index (κ1) is 28.0. The number of methoxy groups -OCH3 is 2. The van der Waals surface area contributed by atoms with Crippen LogP contribution in [0, 0.1) is 6.92 Å². The number of rotatable bonds is 11. The number of aryl methyl sites for hydroxylation is 1. The number of benzene rings is 1. The van der Waals surface area contributed by atoms with Gasteiger partial charge in [-0.05, 0) is 43.6 Å². The number of aromatic amines is 1. The molecule has 2 N–H and O–H groups in total. The number of esters is 1. The highest BCUT2D eigenvalue weighted by Gasteiger charge is 2.40. The number of carbonyl (C=O) groups excluding carboxylic acids is 1. The van der Waals surface area contributed by atoms with Gasteiger partial charge in [-0.2, -0.15) is 5.09 Å². The van der Waals surface area contributed by atoms with E-state index in [2.05, 4.69) is 24.8 Å². The van der Waals surface area contributed by atoms with Crippen molar-refractivity contribution in [2.24, 2.45) is 5.11 Å². The number of nitrogens with zero attached hydrogens (tertiary/aromatic N) is 4. The molecule has 0 aliphatic carbocycles. The van der Waals surface area contributed by atoms with E-state index >= 15 is 0 Å². The second-order valence-electron chi connectivity index (χ2n) is 8.05. The number of H-pyrrole nitrogens is 1. The quantitative estimate of drug-likeness (QED) is 0.141. The lowest BCUT2D eigenvalue weighted by molar-refractivity contribution is -0.142. The van der Waals surface area contributed by atoms with E-state index in [-0.39, 0.29) is 17.7 Å². The van der Waals surface area contributed by atoms with Crippen molar-refractivity contribution in [2.45, 2.75) is 44.7 Å². The van der Waals surface area contributed by atoms with Crippen LogP contribution in [0.5, 0.6) is 11.5 Å². The maximum atomic E-state index is 13.6. The van der Waals surface area contributed by atoms with Crippen molar-refractivity contribution < 1.29 is 32.6 Å². The van der Waals surface area contributed by atoms with E-state index in [9.17, 15) is 18.9 Å². The zero-order valence-corrected chi connectivity index (χ0v) is 21.4. The molecule has 1 aromatic heterocycles. The molecule has 15 nitrogen and oxygen atoms in total. The van der Waals surface area contributed by atoms with Gasteiger partial charge >= 0.3 is 19.4 Å². The van der Waals surface area contributed by atoms with Crippen molar-refractivity contribution in [2.75, 3.05) is 20.8 Å². The highest BCUT2D eigenvalue weighted by molar-refractivity contribution is 7.52. The summed E-state index contributed by atoms with van der Waals surface area (Å²) in [6, 6.07) is 4.28. The average molecular weight is 538 g/mol. The van der Waals surface area contributed by atoms with Gasteiger partial charge in [0.15, 0.2) is 0 Å². The standard InChI is InChI=1S/C21H27N6O9P/c1-12-10-27(21(30)23-19(12)28)18-9-16(24-26-22)17(35-18)11-34-37(31,25-13(2)20(29)33-4)36-15-7-5-14(32-3)6-8-15/h5-8,10,13,16-18H,9,11H2,1-4H3,(H,25,31)(H,23,28,30)/t13?,16-,17+,18+,37?/m0/s1. The minimum atomic E-state index is -4.22. The summed E-state index contributed by atoms with van der Waals surface area (Å²) in [6.45, 7) is 2.54. The molecule has 37 heavy (non-hydrogen) atoms. The third kappa shape index (κ3) is 7.00. The number of hydrogen-bond donors (Lipinski definition) is 2. The van der Waals surface area contributed by atoms with Gasteiger partial charge in [0.05, 0.1) is 33.0 Å². The summed E-state index contributed by atoms with van der Waals surface area (Å²) < 4.78 is 41.6. The Morgan fingerprint density at radius 1 is 1.32 bits per heavy atom. The maximum Gasteiger partial charge on any atom is 0.459 e. The van der Waals surface area contributed by atoms with E-state index in [0.29, 0.717) is 5.75 Å². The zero-order valence-electron chi connectivity index (χ0n) is 20.5. The molecule has 16 heteroatoms. The molecule has 3 rings (SSSR count). The first-order chi connectivity index (χ1) is 17.6. The first-order valence-corrected chi connectivity index (χ1v) is 12.6. The topological polar surface area (TPSA) is 196 Å². The third-order valence-electron chi connectivity index (χ3n) is 5.46. The van der Waals surface area contributed by atoms with Crippen LogP contribution in [0.4, 0.5) is 0 Å². The van der Waals surface area contributed by atoms with Gasteiger partial charge in [-0.3, -0.25) is 23.7 Å². The fourth-order valence-electron chi connectivity index (χ4n) is 3.53. The molecule has 1 saturated heterocycles. The van der Waals surface area contributed by atoms with Crippen molar-refractivity contribution >= 4 is 13.7 Å². The second kappa shape index (κ2) is 12.1. The monoisotopic (exact) mass is 538 g/mol. The fraction of sp³-hybridized carbons (Fsp3) is 0.476. The minimum absolute atomic E-state index is 0.0824. The second-order valence-corrected chi connectivity index (χ2v) is 9.74. The highest BCUT2D eigenvalue weighted by Crippen LogP contribution is 2.46. The van der Waals surface area contributed by atoms with Crippen LogP contribution < -0.4 is 25.6 Å². The molecular formula is C21H27N6O9P. The summed E-state index contributed by atoms with van der Waals surface area (Å²) in [5, 5.41) is 6.21. The van der Waals surface area contributed by atoms with Gasteiger partial charge in [0.2, 0.25) is 0 Å². The zero-order chi connectivity index (χ0) is 27.2. The predicted octanol–water partition coefficient (Wildman–Crippen LogP) is 2.17. The smallest absolute Gasteiger partial charge is 0.459 e. The van der Waals surface area contributed by atoms with Gasteiger partial charge < -0.3 is 18.7 Å². The van der Waals surface area contributed by atoms with E-state index in [1.807, 2.05) is 0 Å². The SMILES string of the molecule is COC(=O)C(C)NP(=O)(OC[C@H]1O[C@@H](n2cc(C)c(=O)[nH]c2=O)C[C@@H]1N=[N+]=[N-])Oc1ccc(OC)cc1. The van der Waals surface area contributed by atoms with E-state index in [4.69, 9.17) is 24.1 Å². The summed E-state index contributed by atoms with van der Waals surface area (Å²) in [6.07, 6.45) is -0.419. The van der Waals surface area contributed by atoms with Crippen molar-refractivity contribution in [3.8, 4) is 11.5 Å². The molecule has 1 aromatic carbocycles. The van der Waals surface area contributed by atoms with Crippen LogP contribution in [0.3, 0.4) is 0 Å². The normalized spacial score (nSPS) is 21.4. The maximum absolute atomic E-state index is 13.6. The Kier molecular flexibility index (Phi) is 9.14. The molecule has 0 saturated carbocycles. The van der Waals surface area contributed by atoms with E-state index < -0.39 is 56.0 Å². The number of ether oxygens (including phenoxy) is 3. The minimum Gasteiger partial charge on any atom is -0.497 e. The summed E-state index contributed by atoms with van der Waals surface area (Å²) in [7, 11) is -1.56. The van der Waals surface area contributed by atoms with E-state index in [0.717, 1.165) is 0 Å². The van der Waals surface area contributed by atoms with Crippen molar-refractivity contribution in [3.05, 3.63) is 67.3 Å². The summed E-state index contributed by atoms with van der Waals surface area (Å²) >= 11 is 0. The van der Waals surface area contributed by atoms with Gasteiger partial charge in [0.25, 0.3) is 5.56 Å². The van der Waals surface area contributed by atoms with Gasteiger partial charge in [0, 0.05) is 23.1 Å². The van der Waals surface area contributed by atoms with Crippen LogP contribution in [-0.2, 0) is 23.4 Å². The lowest BCUT2D eigenvalue weighted by Crippen LogP contribution is -2.36. The molecule has 2 aromatic rings. The Labute approximate surface area is 210 Å². The van der Waals surface area contributed by atoms with Gasteiger partial charge in [-0.15, -0.1) is 0 Å². The Morgan fingerprint density at radius 2 is 2.00 bits per heavy atom. The predicted molar refractivity (Wildman–Crippen MR) is 129 cm³/mol. The Morgan fingerprint density at radius 3 is 2.62 bits per heavy atom. The summed E-state index contributed by atoms with van der Waals surface area (Å²) in [5.41, 5.74) is 8.04. The van der Waals surface area contributed by atoms with Crippen LogP contribution in [0.1, 0.15) is 25.1 Å². The van der Waals surface area contributed by atoms with Crippen LogP contribution in [0.2, 0.25) is 0 Å². The molecule has 2 heterocycles. The average Bonchev–Trinajstić information content (AvgIpc) is 3.27. The van der Waals surface area contributed by atoms with Crippen molar-refractivity contribution in [3.63, 3.8) is 0 Å². The summed E-state index contributed by atoms with van der Waals surface area (Å²) in [4.78, 5) is 40.9. The molecule has 200 valence electrons. The molecule has 0 amide bonds. The van der Waals surface area contributed by atoms with Crippen LogP contribution >= 0.6 is 7.75 Å². The number of nitrogens with one attached hydrogen (secondary N) is 2. The Hall–Kier alpha value is -3.61. The molecule has 1 aliphatic rings. The Bertz CT molecular complexity index is 1320. The fourth-order valence-corrected chi connectivity index (χ4v) is 5.03. The molecule has 1 fully saturated rings. The van der Waals surface area contributed by atoms with Crippen LogP contribution in [-0.4, -0.2) is 54.5 Å². The number of hydrogen-bond acceptors (Lipinski definition) is 10. The van der Waals surface area contributed by atoms with E-state index in [1.54, 1.807) is 12.1 Å². The van der Waals surface area contributed by atoms with Gasteiger partial charge in [-0.25, -0.2) is 9.36 Å². The van der Waals surface area contributed by atoms with Crippen LogP contribution in [0.25, 0.3) is 10.4 Å². The van der Waals surface area contributed by atoms with Gasteiger partial charge in [-0.1, -0.05) is 5.11 Å². The molecule has 0 spiro atoms. The third-order valence-corrected chi connectivity index (χ3v) is 7.10. The molecule has 1 aliphatic heterocycles. The van der Waals surface area contributed by atoms with Crippen molar-refractivity contribution in [1.29, 1.82) is 0 Å². The molecule has 0 bridgehead atoms. The summed E-state index contributed by atoms with van der Waals surface area (Å²) in [5.74, 6) is -0.0192. The molecule has 0 radical (unpaired) electrons. The molecule has 5 atom stereocenters. The Balaban J connectivity index is 1.82. The lowest BCUT2D eigenvalue weighted by Gasteiger charge is -2.24. The van der Waals surface area contributed by atoms with Gasteiger partial charge in [0.1, 0.15) is 23.8 Å².